The van der Waals surface area contributed by atoms with Crippen LogP contribution in [-0.2, 0) is 3.79 Å². The molecule has 0 N–H and O–H groups in total. The first-order valence-corrected chi connectivity index (χ1v) is 13.9. The van der Waals surface area contributed by atoms with E-state index in [0.717, 1.165) is 0 Å². The normalized spacial score (nSPS) is 12.0. The first-order chi connectivity index (χ1) is 14.3. The van der Waals surface area contributed by atoms with E-state index >= 15 is 0 Å². The third-order valence-corrected chi connectivity index (χ3v) is 8.46. The van der Waals surface area contributed by atoms with Crippen molar-refractivity contribution in [3.8, 4) is 0 Å². The molecule has 0 heterocycles. The molecule has 2 rings (SSSR count). The van der Waals surface area contributed by atoms with Crippen LogP contribution < -0.4 is 4.90 Å². The van der Waals surface area contributed by atoms with Gasteiger partial charge in [-0.1, -0.05) is 112 Å². The van der Waals surface area contributed by atoms with Crippen molar-refractivity contribution in [2.75, 3.05) is 4.90 Å². The van der Waals surface area contributed by atoms with Crippen LogP contribution in [-0.4, -0.2) is 20.7 Å². The molecule has 0 saturated carbocycles. The molecule has 0 aliphatic carbocycles. The van der Waals surface area contributed by atoms with E-state index < -0.39 is 14.5 Å². The Hall–Kier alpha value is -1.27. The lowest BCUT2D eigenvalue weighted by molar-refractivity contribution is 0.225. The van der Waals surface area contributed by atoms with Gasteiger partial charge in [0.1, 0.15) is 6.23 Å². The van der Waals surface area contributed by atoms with Crippen molar-refractivity contribution in [1.82, 2.24) is 0 Å². The van der Waals surface area contributed by atoms with Gasteiger partial charge in [-0.3, -0.25) is 0 Å². The first-order valence-electron chi connectivity index (χ1n) is 11.8. The predicted molar refractivity (Wildman–Crippen MR) is 129 cm³/mol. The van der Waals surface area contributed by atoms with Crippen LogP contribution >= 0.6 is 0 Å². The Kier molecular flexibility index (Phi) is 12.1. The summed E-state index contributed by atoms with van der Waals surface area (Å²) in [6, 6.07) is 21.4. The topological polar surface area (TPSA) is 12.5 Å². The maximum absolute atomic E-state index is 6.85. The number of hydrogen-bond donors (Lipinski definition) is 0. The minimum Gasteiger partial charge on any atom is -0.482 e. The fourth-order valence-corrected chi connectivity index (χ4v) is 6.69. The van der Waals surface area contributed by atoms with Crippen LogP contribution in [0.2, 0.25) is 10.6 Å². The second kappa shape index (κ2) is 14.7. The van der Waals surface area contributed by atoms with E-state index in [-0.39, 0.29) is 6.23 Å². The molecule has 0 aromatic heterocycles. The summed E-state index contributed by atoms with van der Waals surface area (Å²) in [6.07, 6.45) is 10.8. The van der Waals surface area contributed by atoms with Crippen molar-refractivity contribution in [3.63, 3.8) is 0 Å². The van der Waals surface area contributed by atoms with Crippen molar-refractivity contribution >= 4 is 25.9 Å². The molecule has 1 unspecified atom stereocenters. The Balaban J connectivity index is 2.07. The molecule has 1 atom stereocenters. The SMILES string of the molecule is CCCCC[CH2][Al]([CH2]CCCCC)[O]C(C)N(c1ccccc1)c1ccccc1. The number of nitrogens with zero attached hydrogens (tertiary/aromatic N) is 1. The molecular weight excluding hydrogens is 369 g/mol. The van der Waals surface area contributed by atoms with Gasteiger partial charge in [-0.25, -0.2) is 0 Å². The molecule has 29 heavy (non-hydrogen) atoms. The fraction of sp³-hybridized carbons (Fsp3) is 0.538. The highest BCUT2D eigenvalue weighted by molar-refractivity contribution is 6.51. The summed E-state index contributed by atoms with van der Waals surface area (Å²) in [5.74, 6) is 0. The van der Waals surface area contributed by atoms with Crippen LogP contribution in [0.25, 0.3) is 0 Å². The standard InChI is InChI=1S/C14H14NO.2C6H13.Al/c1-12(16)15(13-8-4-2-5-9-13)14-10-6-3-7-11-14;2*1-3-5-6-4-2;/h2-12H,1H3;2*1,3-6H2,2H3;/q-1;;;+1. The van der Waals surface area contributed by atoms with E-state index in [4.69, 9.17) is 3.79 Å². The number of anilines is 2. The fourth-order valence-electron chi connectivity index (χ4n) is 3.96. The van der Waals surface area contributed by atoms with Gasteiger partial charge in [0.25, 0.3) is 0 Å². The molecule has 0 aliphatic rings. The summed E-state index contributed by atoms with van der Waals surface area (Å²) in [7, 11) is 0. The molecule has 0 aliphatic heterocycles. The molecule has 0 fully saturated rings. The van der Waals surface area contributed by atoms with E-state index in [0.29, 0.717) is 0 Å². The van der Waals surface area contributed by atoms with Crippen LogP contribution in [0, 0.1) is 0 Å². The molecule has 2 nitrogen and oxygen atoms in total. The summed E-state index contributed by atoms with van der Waals surface area (Å²) < 4.78 is 6.85. The minimum atomic E-state index is -1.22. The van der Waals surface area contributed by atoms with Gasteiger partial charge in [-0.15, -0.1) is 0 Å². The van der Waals surface area contributed by atoms with E-state index in [1.54, 1.807) is 0 Å². The molecule has 0 saturated heterocycles. The summed E-state index contributed by atoms with van der Waals surface area (Å²) in [5, 5.41) is 2.63. The third-order valence-electron chi connectivity index (χ3n) is 5.58. The van der Waals surface area contributed by atoms with Gasteiger partial charge in [0.15, 0.2) is 0 Å². The van der Waals surface area contributed by atoms with E-state index in [2.05, 4.69) is 86.3 Å². The number of para-hydroxylation sites is 2. The summed E-state index contributed by atoms with van der Waals surface area (Å²) in [5.41, 5.74) is 2.41. The van der Waals surface area contributed by atoms with E-state index in [1.165, 1.54) is 73.3 Å². The maximum atomic E-state index is 6.85. The lowest BCUT2D eigenvalue weighted by Gasteiger charge is -2.34. The number of benzene rings is 2. The molecule has 0 radical (unpaired) electrons. The molecule has 0 bridgehead atoms. The van der Waals surface area contributed by atoms with Crippen LogP contribution in [0.4, 0.5) is 11.4 Å². The highest BCUT2D eigenvalue weighted by Gasteiger charge is 2.26. The zero-order chi connectivity index (χ0) is 20.7. The van der Waals surface area contributed by atoms with Gasteiger partial charge in [-0.05, 0) is 31.2 Å². The van der Waals surface area contributed by atoms with Gasteiger partial charge in [0, 0.05) is 11.4 Å². The molecule has 2 aromatic rings. The Morgan fingerprint density at radius 3 is 1.55 bits per heavy atom. The van der Waals surface area contributed by atoms with Crippen molar-refractivity contribution in [1.29, 1.82) is 0 Å². The molecule has 2 aromatic carbocycles. The average molecular weight is 410 g/mol. The van der Waals surface area contributed by atoms with Crippen molar-refractivity contribution in [3.05, 3.63) is 60.7 Å². The van der Waals surface area contributed by atoms with Gasteiger partial charge < -0.3 is 8.69 Å². The van der Waals surface area contributed by atoms with Crippen molar-refractivity contribution in [2.45, 2.75) is 88.9 Å². The first kappa shape index (κ1) is 24.0. The Bertz CT molecular complexity index is 582. The molecule has 3 heteroatoms. The maximum Gasteiger partial charge on any atom is 0.462 e. The molecular formula is C26H40AlNO. The van der Waals surface area contributed by atoms with Crippen LogP contribution in [0.3, 0.4) is 0 Å². The van der Waals surface area contributed by atoms with Gasteiger partial charge in [0.05, 0.1) is 0 Å². The number of rotatable bonds is 15. The Labute approximate surface area is 184 Å². The summed E-state index contributed by atoms with van der Waals surface area (Å²) >= 11 is -1.22. The monoisotopic (exact) mass is 409 g/mol. The third kappa shape index (κ3) is 8.95. The van der Waals surface area contributed by atoms with Crippen molar-refractivity contribution < 1.29 is 3.79 Å². The van der Waals surface area contributed by atoms with Gasteiger partial charge >= 0.3 is 14.5 Å². The predicted octanol–water partition coefficient (Wildman–Crippen LogP) is 8.34. The quantitative estimate of drug-likeness (QED) is 0.166. The zero-order valence-corrected chi connectivity index (χ0v) is 20.0. The van der Waals surface area contributed by atoms with Crippen LogP contribution in [0.15, 0.2) is 60.7 Å². The van der Waals surface area contributed by atoms with Crippen LogP contribution in [0.1, 0.15) is 72.1 Å². The zero-order valence-electron chi connectivity index (χ0n) is 18.9. The Morgan fingerprint density at radius 1 is 0.690 bits per heavy atom. The number of hydrogen-bond acceptors (Lipinski definition) is 2. The lowest BCUT2D eigenvalue weighted by atomic mass is 10.2. The highest BCUT2D eigenvalue weighted by atomic mass is 27.2. The largest absolute Gasteiger partial charge is 0.482 e. The minimum absolute atomic E-state index is 0.0637. The smallest absolute Gasteiger partial charge is 0.462 e. The Morgan fingerprint density at radius 2 is 1.14 bits per heavy atom. The summed E-state index contributed by atoms with van der Waals surface area (Å²) in [6.45, 7) is 6.81. The van der Waals surface area contributed by atoms with E-state index in [1.807, 2.05) is 0 Å². The molecule has 0 amide bonds. The van der Waals surface area contributed by atoms with Gasteiger partial charge in [0.2, 0.25) is 0 Å². The second-order valence-electron chi connectivity index (χ2n) is 8.10. The van der Waals surface area contributed by atoms with Crippen LogP contribution in [0.5, 0.6) is 0 Å². The highest BCUT2D eigenvalue weighted by Crippen LogP contribution is 2.29. The summed E-state index contributed by atoms with van der Waals surface area (Å²) in [4.78, 5) is 2.36. The lowest BCUT2D eigenvalue weighted by Crippen LogP contribution is -2.36. The molecule has 158 valence electrons. The average Bonchev–Trinajstić information content (AvgIpc) is 2.75. The van der Waals surface area contributed by atoms with Crippen molar-refractivity contribution in [2.24, 2.45) is 0 Å². The molecule has 0 spiro atoms. The van der Waals surface area contributed by atoms with Gasteiger partial charge in [-0.2, -0.15) is 0 Å². The van der Waals surface area contributed by atoms with E-state index in [9.17, 15) is 0 Å². The number of unbranched alkanes of at least 4 members (excludes halogenated alkanes) is 6. The second-order valence-corrected chi connectivity index (χ2v) is 10.8.